The number of nitrogens with one attached hydrogen (secondary N) is 1. The van der Waals surface area contributed by atoms with Gasteiger partial charge in [-0.25, -0.2) is 4.79 Å². The summed E-state index contributed by atoms with van der Waals surface area (Å²) < 4.78 is 16.2. The summed E-state index contributed by atoms with van der Waals surface area (Å²) in [5.41, 5.74) is 0.747. The lowest BCUT2D eigenvalue weighted by atomic mass is 10.2. The van der Waals surface area contributed by atoms with Crippen molar-refractivity contribution >= 4 is 40.9 Å². The second kappa shape index (κ2) is 8.54. The van der Waals surface area contributed by atoms with Gasteiger partial charge < -0.3 is 19.5 Å². The average Bonchev–Trinajstić information content (AvgIpc) is 2.68. The number of amides is 1. The van der Waals surface area contributed by atoms with Crippen molar-refractivity contribution in [1.29, 1.82) is 0 Å². The molecule has 0 radical (unpaired) electrons. The minimum atomic E-state index is -1.00. The Bertz CT molecular complexity index is 873. The minimum absolute atomic E-state index is 0.225. The first kappa shape index (κ1) is 19.4. The maximum absolute atomic E-state index is 12.4. The number of carbonyl (C=O) groups is 2. The first-order valence-electron chi connectivity index (χ1n) is 8.23. The lowest BCUT2D eigenvalue weighted by Gasteiger charge is -2.19. The van der Waals surface area contributed by atoms with Gasteiger partial charge in [0.25, 0.3) is 5.91 Å². The third-order valence-electron chi connectivity index (χ3n) is 3.86. The number of thioether (sulfide) groups is 1. The highest BCUT2D eigenvalue weighted by atomic mass is 35.5. The predicted octanol–water partition coefficient (Wildman–Crippen LogP) is 4.02. The second-order valence-electron chi connectivity index (χ2n) is 5.74. The zero-order chi connectivity index (χ0) is 19.4. The van der Waals surface area contributed by atoms with Crippen LogP contribution in [-0.2, 0) is 9.53 Å². The molecule has 8 heteroatoms. The summed E-state index contributed by atoms with van der Waals surface area (Å²) in [6.45, 7) is 2.44. The van der Waals surface area contributed by atoms with Crippen LogP contribution in [0.4, 0.5) is 5.69 Å². The Morgan fingerprint density at radius 3 is 2.63 bits per heavy atom. The Morgan fingerprint density at radius 1 is 1.15 bits per heavy atom. The summed E-state index contributed by atoms with van der Waals surface area (Å²) in [6, 6.07) is 10.2. The van der Waals surface area contributed by atoms with Crippen molar-refractivity contribution < 1.29 is 23.8 Å². The van der Waals surface area contributed by atoms with Gasteiger partial charge in [0.05, 0.1) is 10.6 Å². The molecule has 1 amide bonds. The first-order chi connectivity index (χ1) is 13.0. The molecule has 1 N–H and O–H groups in total. The Hall–Kier alpha value is -2.38. The Labute approximate surface area is 166 Å². The average molecular weight is 408 g/mol. The number of carbonyl (C=O) groups excluding carboxylic acids is 2. The van der Waals surface area contributed by atoms with Crippen molar-refractivity contribution in [3.63, 3.8) is 0 Å². The smallest absolute Gasteiger partial charge is 0.340 e. The van der Waals surface area contributed by atoms with Crippen LogP contribution in [0, 0.1) is 0 Å². The first-order valence-corrected chi connectivity index (χ1v) is 9.83. The van der Waals surface area contributed by atoms with Crippen molar-refractivity contribution in [3.05, 3.63) is 47.0 Å². The number of benzene rings is 2. The summed E-state index contributed by atoms with van der Waals surface area (Å²) in [5, 5.41) is 2.97. The molecule has 1 heterocycles. The van der Waals surface area contributed by atoms with E-state index in [0.717, 1.165) is 4.90 Å². The van der Waals surface area contributed by atoms with Gasteiger partial charge in [-0.15, -0.1) is 11.8 Å². The van der Waals surface area contributed by atoms with E-state index in [2.05, 4.69) is 5.32 Å². The Balaban J connectivity index is 1.64. The molecule has 3 rings (SSSR count). The molecule has 1 atom stereocenters. The van der Waals surface area contributed by atoms with Gasteiger partial charge in [-0.1, -0.05) is 11.6 Å². The SMILES string of the molecule is CSc1ccc(Cl)c(C(=O)O[C@H](C)C(=O)Nc2ccc3c(c2)OCCO3)c1. The second-order valence-corrected chi connectivity index (χ2v) is 7.03. The molecule has 1 aliphatic rings. The van der Waals surface area contributed by atoms with Gasteiger partial charge in [0.15, 0.2) is 17.6 Å². The number of hydrogen-bond donors (Lipinski definition) is 1. The molecule has 0 saturated heterocycles. The number of anilines is 1. The van der Waals surface area contributed by atoms with Crippen molar-refractivity contribution in [2.45, 2.75) is 17.9 Å². The highest BCUT2D eigenvalue weighted by Crippen LogP contribution is 2.32. The molecule has 27 heavy (non-hydrogen) atoms. The molecule has 0 bridgehead atoms. The molecule has 0 unspecified atom stereocenters. The number of ether oxygens (including phenoxy) is 3. The number of rotatable bonds is 5. The quantitative estimate of drug-likeness (QED) is 0.596. The molecule has 2 aromatic rings. The van der Waals surface area contributed by atoms with Crippen LogP contribution in [-0.4, -0.2) is 37.4 Å². The van der Waals surface area contributed by atoms with Crippen LogP contribution < -0.4 is 14.8 Å². The lowest BCUT2D eigenvalue weighted by Crippen LogP contribution is -2.30. The van der Waals surface area contributed by atoms with Gasteiger partial charge in [0, 0.05) is 16.6 Å². The maximum Gasteiger partial charge on any atom is 0.340 e. The summed E-state index contributed by atoms with van der Waals surface area (Å²) in [4.78, 5) is 25.6. The van der Waals surface area contributed by atoms with E-state index in [4.69, 9.17) is 25.8 Å². The molecule has 6 nitrogen and oxygen atoms in total. The molecular weight excluding hydrogens is 390 g/mol. The van der Waals surface area contributed by atoms with Crippen LogP contribution in [0.3, 0.4) is 0 Å². The molecule has 142 valence electrons. The van der Waals surface area contributed by atoms with E-state index in [9.17, 15) is 9.59 Å². The van der Waals surface area contributed by atoms with Crippen molar-refractivity contribution in [2.75, 3.05) is 24.8 Å². The van der Waals surface area contributed by atoms with Gasteiger partial charge in [0.1, 0.15) is 13.2 Å². The van der Waals surface area contributed by atoms with Gasteiger partial charge >= 0.3 is 5.97 Å². The molecule has 0 aromatic heterocycles. The number of hydrogen-bond acceptors (Lipinski definition) is 6. The molecule has 2 aromatic carbocycles. The van der Waals surface area contributed by atoms with E-state index in [0.29, 0.717) is 30.4 Å². The van der Waals surface area contributed by atoms with E-state index in [-0.39, 0.29) is 10.6 Å². The molecule has 0 spiro atoms. The summed E-state index contributed by atoms with van der Waals surface area (Å²) in [6.07, 6.45) is 0.890. The molecule has 0 fully saturated rings. The van der Waals surface area contributed by atoms with Crippen LogP contribution in [0.5, 0.6) is 11.5 Å². The fourth-order valence-electron chi connectivity index (χ4n) is 2.43. The van der Waals surface area contributed by atoms with Crippen molar-refractivity contribution in [3.8, 4) is 11.5 Å². The highest BCUT2D eigenvalue weighted by Gasteiger charge is 2.22. The summed E-state index contributed by atoms with van der Waals surface area (Å²) in [7, 11) is 0. The third-order valence-corrected chi connectivity index (χ3v) is 4.91. The normalized spacial score (nSPS) is 13.6. The van der Waals surface area contributed by atoms with Crippen molar-refractivity contribution in [2.24, 2.45) is 0 Å². The Kier molecular flexibility index (Phi) is 6.13. The zero-order valence-electron chi connectivity index (χ0n) is 14.8. The number of halogens is 1. The van der Waals surface area contributed by atoms with E-state index in [1.807, 2.05) is 12.3 Å². The minimum Gasteiger partial charge on any atom is -0.486 e. The van der Waals surface area contributed by atoms with Crippen LogP contribution in [0.25, 0.3) is 0 Å². The lowest BCUT2D eigenvalue weighted by molar-refractivity contribution is -0.123. The number of fused-ring (bicyclic) bond motifs is 1. The molecule has 0 saturated carbocycles. The van der Waals surface area contributed by atoms with E-state index >= 15 is 0 Å². The van der Waals surface area contributed by atoms with E-state index in [1.54, 1.807) is 30.3 Å². The van der Waals surface area contributed by atoms with E-state index < -0.39 is 18.0 Å². The summed E-state index contributed by atoms with van der Waals surface area (Å²) >= 11 is 7.55. The largest absolute Gasteiger partial charge is 0.486 e. The fourth-order valence-corrected chi connectivity index (χ4v) is 3.06. The van der Waals surface area contributed by atoms with Gasteiger partial charge in [-0.2, -0.15) is 0 Å². The molecular formula is C19H18ClNO5S. The van der Waals surface area contributed by atoms with Crippen molar-refractivity contribution in [1.82, 2.24) is 0 Å². The van der Waals surface area contributed by atoms with E-state index in [1.165, 1.54) is 18.7 Å². The fraction of sp³-hybridized carbons (Fsp3) is 0.263. The number of esters is 1. The zero-order valence-corrected chi connectivity index (χ0v) is 16.4. The summed E-state index contributed by atoms with van der Waals surface area (Å²) in [5.74, 6) is 0.0734. The predicted molar refractivity (Wildman–Crippen MR) is 104 cm³/mol. The van der Waals surface area contributed by atoms with Gasteiger partial charge in [-0.05, 0) is 43.5 Å². The maximum atomic E-state index is 12.4. The van der Waals surface area contributed by atoms with Crippen LogP contribution in [0.15, 0.2) is 41.3 Å². The standard InChI is InChI=1S/C19H18ClNO5S/c1-11(26-19(23)14-10-13(27-2)4-5-15(14)20)18(22)21-12-3-6-16-17(9-12)25-8-7-24-16/h3-6,9-11H,7-8H2,1-2H3,(H,21,22)/t11-/m1/s1. The van der Waals surface area contributed by atoms with Crippen LogP contribution in [0.2, 0.25) is 5.02 Å². The topological polar surface area (TPSA) is 73.9 Å². The van der Waals surface area contributed by atoms with Crippen LogP contribution in [0.1, 0.15) is 17.3 Å². The monoisotopic (exact) mass is 407 g/mol. The van der Waals surface area contributed by atoms with Gasteiger partial charge in [0.2, 0.25) is 0 Å². The van der Waals surface area contributed by atoms with Gasteiger partial charge in [-0.3, -0.25) is 4.79 Å². The third kappa shape index (κ3) is 4.67. The highest BCUT2D eigenvalue weighted by molar-refractivity contribution is 7.98. The van der Waals surface area contributed by atoms with Crippen LogP contribution >= 0.6 is 23.4 Å². The molecule has 0 aliphatic carbocycles. The Morgan fingerprint density at radius 2 is 1.89 bits per heavy atom. The molecule has 1 aliphatic heterocycles.